The summed E-state index contributed by atoms with van der Waals surface area (Å²) < 4.78 is 14.3. The normalized spacial score (nSPS) is 20.2. The number of allylic oxidation sites excluding steroid dienone is 2. The van der Waals surface area contributed by atoms with Crippen LogP contribution < -0.4 is 4.72 Å². The van der Waals surface area contributed by atoms with Gasteiger partial charge in [-0.15, -0.1) is 0 Å². The Bertz CT molecular complexity index is 171. The van der Waals surface area contributed by atoms with E-state index in [-0.39, 0.29) is 4.75 Å². The maximum Gasteiger partial charge on any atom is 0.142 e. The molecule has 0 aliphatic heterocycles. The van der Waals surface area contributed by atoms with Crippen molar-refractivity contribution in [1.82, 2.24) is 4.72 Å². The lowest BCUT2D eigenvalue weighted by atomic mass is 10.1. The van der Waals surface area contributed by atoms with Gasteiger partial charge in [-0.3, -0.25) is 0 Å². The van der Waals surface area contributed by atoms with Crippen molar-refractivity contribution in [3.8, 4) is 0 Å². The maximum atomic E-state index is 11.4. The van der Waals surface area contributed by atoms with Gasteiger partial charge in [0.25, 0.3) is 0 Å². The largest absolute Gasteiger partial charge is 0.593 e. The fraction of sp³-hybridized carbons (Fsp3) is 0.750. The SMILES string of the molecule is CC(C)(C)[S+]([O-])NC1=CCC1. The fourth-order valence-corrected chi connectivity index (χ4v) is 1.38. The monoisotopic (exact) mass is 173 g/mol. The van der Waals surface area contributed by atoms with Gasteiger partial charge >= 0.3 is 0 Å². The molecule has 3 heteroatoms. The molecule has 0 aromatic heterocycles. The van der Waals surface area contributed by atoms with E-state index in [0.717, 1.165) is 18.5 Å². The Balaban J connectivity index is 2.36. The molecular weight excluding hydrogens is 158 g/mol. The Morgan fingerprint density at radius 2 is 2.09 bits per heavy atom. The number of hydrogen-bond acceptors (Lipinski definition) is 2. The van der Waals surface area contributed by atoms with Gasteiger partial charge in [0.05, 0.1) is 17.1 Å². The minimum atomic E-state index is -0.934. The summed E-state index contributed by atoms with van der Waals surface area (Å²) >= 11 is -0.934. The summed E-state index contributed by atoms with van der Waals surface area (Å²) in [5, 5.41) is 0. The molecule has 64 valence electrons. The minimum Gasteiger partial charge on any atom is -0.593 e. The van der Waals surface area contributed by atoms with Crippen LogP contribution in [0.2, 0.25) is 0 Å². The fourth-order valence-electron chi connectivity index (χ4n) is 0.654. The molecule has 11 heavy (non-hydrogen) atoms. The Kier molecular flexibility index (Phi) is 2.50. The Morgan fingerprint density at radius 1 is 1.55 bits per heavy atom. The molecule has 1 rings (SSSR count). The van der Waals surface area contributed by atoms with Crippen molar-refractivity contribution in [1.29, 1.82) is 0 Å². The molecule has 0 amide bonds. The van der Waals surface area contributed by atoms with Crippen molar-refractivity contribution in [3.63, 3.8) is 0 Å². The highest BCUT2D eigenvalue weighted by molar-refractivity contribution is 7.90. The molecule has 2 nitrogen and oxygen atoms in total. The van der Waals surface area contributed by atoms with Crippen LogP contribution in [0.4, 0.5) is 0 Å². The van der Waals surface area contributed by atoms with E-state index in [1.54, 1.807) is 0 Å². The molecule has 1 N–H and O–H groups in total. The third-order valence-corrected chi connectivity index (χ3v) is 3.14. The first-order valence-corrected chi connectivity index (χ1v) is 5.03. The number of nitrogens with one attached hydrogen (secondary N) is 1. The molecule has 0 spiro atoms. The summed E-state index contributed by atoms with van der Waals surface area (Å²) in [6.45, 7) is 5.90. The van der Waals surface area contributed by atoms with Crippen molar-refractivity contribution in [2.75, 3.05) is 0 Å². The van der Waals surface area contributed by atoms with E-state index in [1.165, 1.54) is 0 Å². The summed E-state index contributed by atoms with van der Waals surface area (Å²) in [7, 11) is 0. The van der Waals surface area contributed by atoms with E-state index in [9.17, 15) is 4.55 Å². The second-order valence-electron chi connectivity index (χ2n) is 3.75. The van der Waals surface area contributed by atoms with Crippen LogP contribution in [-0.4, -0.2) is 9.30 Å². The van der Waals surface area contributed by atoms with Gasteiger partial charge in [0.2, 0.25) is 0 Å². The van der Waals surface area contributed by atoms with E-state index in [4.69, 9.17) is 0 Å². The van der Waals surface area contributed by atoms with E-state index in [0.29, 0.717) is 0 Å². The van der Waals surface area contributed by atoms with Crippen LogP contribution in [0, 0.1) is 0 Å². The van der Waals surface area contributed by atoms with Gasteiger partial charge < -0.3 is 4.55 Å². The second-order valence-corrected chi connectivity index (χ2v) is 5.72. The first-order chi connectivity index (χ1) is 5.00. The average Bonchev–Trinajstić information content (AvgIpc) is 1.75. The third kappa shape index (κ3) is 2.42. The molecule has 0 saturated heterocycles. The lowest BCUT2D eigenvalue weighted by molar-refractivity contribution is 0.547. The van der Waals surface area contributed by atoms with Gasteiger partial charge in [-0.25, -0.2) is 4.72 Å². The zero-order valence-corrected chi connectivity index (χ0v) is 8.12. The van der Waals surface area contributed by atoms with Crippen molar-refractivity contribution in [2.45, 2.75) is 38.4 Å². The van der Waals surface area contributed by atoms with E-state index < -0.39 is 11.4 Å². The smallest absolute Gasteiger partial charge is 0.142 e. The Labute approximate surface area is 71.4 Å². The predicted octanol–water partition coefficient (Wildman–Crippen LogP) is 1.72. The van der Waals surface area contributed by atoms with Gasteiger partial charge in [-0.1, -0.05) is 6.08 Å². The highest BCUT2D eigenvalue weighted by Crippen LogP contribution is 2.20. The molecule has 1 unspecified atom stereocenters. The van der Waals surface area contributed by atoms with Crippen LogP contribution in [0.1, 0.15) is 33.6 Å². The van der Waals surface area contributed by atoms with E-state index >= 15 is 0 Å². The zero-order chi connectivity index (χ0) is 8.48. The zero-order valence-electron chi connectivity index (χ0n) is 7.31. The maximum absolute atomic E-state index is 11.4. The summed E-state index contributed by atoms with van der Waals surface area (Å²) in [6, 6.07) is 0. The van der Waals surface area contributed by atoms with Crippen molar-refractivity contribution in [3.05, 3.63) is 11.8 Å². The number of rotatable bonds is 2. The molecule has 0 fully saturated rings. The molecule has 0 heterocycles. The number of hydrogen-bond donors (Lipinski definition) is 1. The van der Waals surface area contributed by atoms with Crippen LogP contribution in [0.3, 0.4) is 0 Å². The predicted molar refractivity (Wildman–Crippen MR) is 48.3 cm³/mol. The first-order valence-electron chi connectivity index (χ1n) is 3.88. The van der Waals surface area contributed by atoms with Crippen LogP contribution in [0.15, 0.2) is 11.8 Å². The minimum absolute atomic E-state index is 0.156. The van der Waals surface area contributed by atoms with Gasteiger partial charge in [0, 0.05) is 0 Å². The Morgan fingerprint density at radius 3 is 2.36 bits per heavy atom. The van der Waals surface area contributed by atoms with Crippen LogP contribution in [0.25, 0.3) is 0 Å². The standard InChI is InChI=1S/C8H15NOS/c1-8(2,3)11(10)9-7-5-4-6-7/h5,9H,4,6H2,1-3H3. The lowest BCUT2D eigenvalue weighted by Crippen LogP contribution is -2.39. The second kappa shape index (κ2) is 3.07. The summed E-state index contributed by atoms with van der Waals surface area (Å²) in [5.41, 5.74) is 1.14. The highest BCUT2D eigenvalue weighted by Gasteiger charge is 2.27. The van der Waals surface area contributed by atoms with Crippen LogP contribution in [-0.2, 0) is 11.4 Å². The van der Waals surface area contributed by atoms with Crippen molar-refractivity contribution >= 4 is 11.4 Å². The molecule has 0 saturated carbocycles. The van der Waals surface area contributed by atoms with Gasteiger partial charge in [0.15, 0.2) is 0 Å². The molecule has 1 aliphatic carbocycles. The van der Waals surface area contributed by atoms with Crippen LogP contribution in [0.5, 0.6) is 0 Å². The third-order valence-electron chi connectivity index (χ3n) is 1.58. The average molecular weight is 173 g/mol. The van der Waals surface area contributed by atoms with Gasteiger partial charge in [0.1, 0.15) is 4.75 Å². The topological polar surface area (TPSA) is 35.1 Å². The molecular formula is C8H15NOS. The van der Waals surface area contributed by atoms with E-state index in [2.05, 4.69) is 10.8 Å². The summed E-state index contributed by atoms with van der Waals surface area (Å²) in [6.07, 6.45) is 4.27. The van der Waals surface area contributed by atoms with Crippen LogP contribution >= 0.6 is 0 Å². The molecule has 0 bridgehead atoms. The van der Waals surface area contributed by atoms with Crippen molar-refractivity contribution in [2.24, 2.45) is 0 Å². The van der Waals surface area contributed by atoms with E-state index in [1.807, 2.05) is 20.8 Å². The first kappa shape index (κ1) is 8.94. The highest BCUT2D eigenvalue weighted by atomic mass is 32.2. The molecule has 0 radical (unpaired) electrons. The molecule has 0 aromatic rings. The Hall–Kier alpha value is -0.150. The molecule has 1 aliphatic rings. The molecule has 1 atom stereocenters. The quantitative estimate of drug-likeness (QED) is 0.645. The summed E-state index contributed by atoms with van der Waals surface area (Å²) in [5.74, 6) is 0. The summed E-state index contributed by atoms with van der Waals surface area (Å²) in [4.78, 5) is 0. The van der Waals surface area contributed by atoms with Crippen molar-refractivity contribution < 1.29 is 4.55 Å². The van der Waals surface area contributed by atoms with Gasteiger partial charge in [-0.05, 0) is 33.6 Å². The lowest BCUT2D eigenvalue weighted by Gasteiger charge is -2.26. The molecule has 0 aromatic carbocycles. The van der Waals surface area contributed by atoms with Gasteiger partial charge in [-0.2, -0.15) is 0 Å².